The van der Waals surface area contributed by atoms with Gasteiger partial charge in [-0.2, -0.15) is 0 Å². The molecule has 11 heteroatoms. The second-order valence-electron chi connectivity index (χ2n) is 5.88. The van der Waals surface area contributed by atoms with Gasteiger partial charge < -0.3 is 0 Å². The first-order valence-electron chi connectivity index (χ1n) is 7.92. The van der Waals surface area contributed by atoms with Gasteiger partial charge >= 0.3 is 12.1 Å². The normalized spacial score (nSPS) is 15.0. The molecule has 1 heterocycles. The average Bonchev–Trinajstić information content (AvgIpc) is 2.60. The molecule has 28 heavy (non-hydrogen) atoms. The van der Waals surface area contributed by atoms with Crippen molar-refractivity contribution in [1.82, 2.24) is 5.06 Å². The molecular formula is C17H13Br2Cl2N3O3S. The second-order valence-corrected chi connectivity index (χ2v) is 9.41. The van der Waals surface area contributed by atoms with Crippen molar-refractivity contribution in [2.45, 2.75) is 20.0 Å². The van der Waals surface area contributed by atoms with Crippen LogP contribution in [0, 0.1) is 0 Å². The number of imide groups is 1. The first-order valence-corrected chi connectivity index (χ1v) is 11.0. The molecule has 0 radical (unpaired) electrons. The molecule has 0 unspecified atom stereocenters. The number of amides is 4. The van der Waals surface area contributed by atoms with Crippen molar-refractivity contribution in [1.29, 1.82) is 0 Å². The van der Waals surface area contributed by atoms with E-state index in [1.165, 1.54) is 8.61 Å². The topological polar surface area (TPSA) is 53.1 Å². The molecule has 3 rings (SSSR count). The fourth-order valence-electron chi connectivity index (χ4n) is 2.29. The first-order chi connectivity index (χ1) is 13.2. The summed E-state index contributed by atoms with van der Waals surface area (Å²) in [6.07, 6.45) is -0.402. The Morgan fingerprint density at radius 1 is 0.893 bits per heavy atom. The van der Waals surface area contributed by atoms with E-state index in [9.17, 15) is 9.59 Å². The van der Waals surface area contributed by atoms with Crippen molar-refractivity contribution in [3.05, 3.63) is 55.4 Å². The van der Waals surface area contributed by atoms with E-state index >= 15 is 0 Å². The zero-order valence-corrected chi connectivity index (χ0v) is 20.0. The van der Waals surface area contributed by atoms with Crippen LogP contribution >= 0.6 is 67.2 Å². The fourth-order valence-corrected chi connectivity index (χ4v) is 4.85. The molecule has 1 saturated heterocycles. The van der Waals surface area contributed by atoms with Gasteiger partial charge in [0.25, 0.3) is 0 Å². The lowest BCUT2D eigenvalue weighted by molar-refractivity contribution is -0.108. The molecule has 1 aliphatic heterocycles. The molecule has 0 aliphatic carbocycles. The summed E-state index contributed by atoms with van der Waals surface area (Å²) in [5, 5.41) is 1.37. The highest BCUT2D eigenvalue weighted by Crippen LogP contribution is 2.42. The Kier molecular flexibility index (Phi) is 6.84. The Morgan fingerprint density at radius 3 is 1.68 bits per heavy atom. The standard InChI is InChI=1S/C17H13Br2Cl2N3O3S/c1-9(2)27-22-16(25)23(14-5-3-10(18)7-12(14)20)28-24(17(22)26)15-6-4-11(19)8-13(15)21/h3-9H,1-2H3. The van der Waals surface area contributed by atoms with E-state index in [4.69, 9.17) is 28.0 Å². The van der Waals surface area contributed by atoms with E-state index in [2.05, 4.69) is 31.9 Å². The summed E-state index contributed by atoms with van der Waals surface area (Å²) >= 11 is 20.2. The Balaban J connectivity index is 2.07. The molecule has 1 fully saturated rings. The third-order valence-electron chi connectivity index (χ3n) is 3.43. The minimum atomic E-state index is -0.669. The van der Waals surface area contributed by atoms with Crippen molar-refractivity contribution >= 4 is 90.6 Å². The highest BCUT2D eigenvalue weighted by Gasteiger charge is 2.43. The highest BCUT2D eigenvalue weighted by atomic mass is 79.9. The van der Waals surface area contributed by atoms with Crippen LogP contribution in [-0.4, -0.2) is 23.2 Å². The van der Waals surface area contributed by atoms with Crippen molar-refractivity contribution < 1.29 is 14.4 Å². The van der Waals surface area contributed by atoms with E-state index in [0.29, 0.717) is 26.5 Å². The largest absolute Gasteiger partial charge is 0.369 e. The van der Waals surface area contributed by atoms with Crippen LogP contribution in [0.4, 0.5) is 21.0 Å². The molecule has 0 bridgehead atoms. The Labute approximate surface area is 193 Å². The lowest BCUT2D eigenvalue weighted by Crippen LogP contribution is -2.55. The van der Waals surface area contributed by atoms with Crippen LogP contribution in [0.25, 0.3) is 0 Å². The Morgan fingerprint density at radius 2 is 1.32 bits per heavy atom. The molecule has 1 aliphatic rings. The van der Waals surface area contributed by atoms with E-state index in [1.807, 2.05) is 0 Å². The third-order valence-corrected chi connectivity index (χ3v) is 6.06. The maximum absolute atomic E-state index is 13.0. The number of benzene rings is 2. The number of hydrogen-bond donors (Lipinski definition) is 0. The van der Waals surface area contributed by atoms with Crippen LogP contribution in [0.1, 0.15) is 13.8 Å². The zero-order valence-electron chi connectivity index (χ0n) is 14.5. The van der Waals surface area contributed by atoms with Crippen molar-refractivity contribution in [2.24, 2.45) is 0 Å². The van der Waals surface area contributed by atoms with Crippen LogP contribution in [0.5, 0.6) is 0 Å². The predicted molar refractivity (Wildman–Crippen MR) is 120 cm³/mol. The van der Waals surface area contributed by atoms with E-state index in [-0.39, 0.29) is 0 Å². The maximum Gasteiger partial charge on any atom is 0.369 e. The average molecular weight is 570 g/mol. The van der Waals surface area contributed by atoms with Gasteiger partial charge in [0, 0.05) is 8.95 Å². The highest BCUT2D eigenvalue weighted by molar-refractivity contribution is 9.10. The first kappa shape index (κ1) is 21.7. The number of nitrogens with zero attached hydrogens (tertiary/aromatic N) is 3. The molecule has 0 atom stereocenters. The molecule has 0 spiro atoms. The summed E-state index contributed by atoms with van der Waals surface area (Å²) in [5.74, 6) is 0. The molecule has 0 saturated carbocycles. The van der Waals surface area contributed by atoms with Crippen LogP contribution < -0.4 is 8.61 Å². The summed E-state index contributed by atoms with van der Waals surface area (Å²) in [5.41, 5.74) is 0.811. The number of carbonyl (C=O) groups is 2. The summed E-state index contributed by atoms with van der Waals surface area (Å²) < 4.78 is 4.07. The second kappa shape index (κ2) is 8.81. The van der Waals surface area contributed by atoms with Gasteiger partial charge in [-0.1, -0.05) is 55.1 Å². The van der Waals surface area contributed by atoms with Crippen LogP contribution in [0.3, 0.4) is 0 Å². The SMILES string of the molecule is CC(C)ON1C(=O)N(c2ccc(Br)cc2Cl)SN(c2ccc(Br)cc2Cl)C1=O. The van der Waals surface area contributed by atoms with Gasteiger partial charge in [-0.15, -0.1) is 5.06 Å². The van der Waals surface area contributed by atoms with E-state index < -0.39 is 18.2 Å². The molecule has 0 aromatic heterocycles. The van der Waals surface area contributed by atoms with Gasteiger partial charge in [0.1, 0.15) is 0 Å². The zero-order chi connectivity index (χ0) is 20.6. The van der Waals surface area contributed by atoms with Crippen LogP contribution in [0.15, 0.2) is 45.3 Å². The number of hydroxylamine groups is 2. The Bertz CT molecular complexity index is 878. The number of rotatable bonds is 4. The predicted octanol–water partition coefficient (Wildman–Crippen LogP) is 7.29. The molecule has 0 N–H and O–H groups in total. The van der Waals surface area contributed by atoms with Crippen molar-refractivity contribution in [2.75, 3.05) is 8.61 Å². The lowest BCUT2D eigenvalue weighted by Gasteiger charge is -2.38. The summed E-state index contributed by atoms with van der Waals surface area (Å²) in [7, 11) is 0. The molecular weight excluding hydrogens is 557 g/mol. The van der Waals surface area contributed by atoms with Crippen molar-refractivity contribution in [3.63, 3.8) is 0 Å². The third kappa shape index (κ3) is 4.44. The summed E-state index contributed by atoms with van der Waals surface area (Å²) in [6, 6.07) is 8.81. The monoisotopic (exact) mass is 567 g/mol. The molecule has 6 nitrogen and oxygen atoms in total. The van der Waals surface area contributed by atoms with Gasteiger partial charge in [0.15, 0.2) is 0 Å². The maximum atomic E-state index is 13.0. The van der Waals surface area contributed by atoms with Gasteiger partial charge in [0.2, 0.25) is 0 Å². The summed E-state index contributed by atoms with van der Waals surface area (Å²) in [6.45, 7) is 3.44. The Hall–Kier alpha value is -0.970. The smallest absolute Gasteiger partial charge is 0.258 e. The molecule has 2 aromatic carbocycles. The molecule has 2 aromatic rings. The minimum absolute atomic E-state index is 0.330. The quantitative estimate of drug-likeness (QED) is 0.363. The minimum Gasteiger partial charge on any atom is -0.258 e. The van der Waals surface area contributed by atoms with E-state index in [0.717, 1.165) is 21.1 Å². The number of carbonyl (C=O) groups excluding carboxylic acids is 2. The number of urea groups is 2. The summed E-state index contributed by atoms with van der Waals surface area (Å²) in [4.78, 5) is 31.4. The van der Waals surface area contributed by atoms with Crippen molar-refractivity contribution in [3.8, 4) is 0 Å². The van der Waals surface area contributed by atoms with Gasteiger partial charge in [-0.25, -0.2) is 18.2 Å². The molecule has 148 valence electrons. The lowest BCUT2D eigenvalue weighted by atomic mass is 10.3. The molecule has 4 amide bonds. The number of anilines is 2. The van der Waals surface area contributed by atoms with Gasteiger partial charge in [0.05, 0.1) is 39.7 Å². The van der Waals surface area contributed by atoms with Crippen LogP contribution in [0.2, 0.25) is 10.0 Å². The number of hydrogen-bond acceptors (Lipinski definition) is 4. The van der Waals surface area contributed by atoms with Gasteiger partial charge in [-0.3, -0.25) is 4.84 Å². The van der Waals surface area contributed by atoms with Crippen LogP contribution in [-0.2, 0) is 4.84 Å². The number of halogens is 4. The van der Waals surface area contributed by atoms with E-state index in [1.54, 1.807) is 50.2 Å². The fraction of sp³-hybridized carbons (Fsp3) is 0.176. The van der Waals surface area contributed by atoms with Gasteiger partial charge in [-0.05, 0) is 50.2 Å².